The fourth-order valence-corrected chi connectivity index (χ4v) is 4.36. The van der Waals surface area contributed by atoms with Crippen molar-refractivity contribution in [2.75, 3.05) is 25.1 Å². The number of amides is 1. The summed E-state index contributed by atoms with van der Waals surface area (Å²) in [5.74, 6) is 2.23. The molecule has 0 unspecified atom stereocenters. The van der Waals surface area contributed by atoms with Crippen LogP contribution in [-0.2, 0) is 11.2 Å². The zero-order chi connectivity index (χ0) is 21.4. The molecule has 3 aromatic rings. The van der Waals surface area contributed by atoms with E-state index in [0.29, 0.717) is 18.7 Å². The highest BCUT2D eigenvalue weighted by atomic mass is 16.5. The van der Waals surface area contributed by atoms with Crippen LogP contribution in [0.15, 0.2) is 42.7 Å². The van der Waals surface area contributed by atoms with E-state index in [0.717, 1.165) is 46.9 Å². The number of ether oxygens (including phenoxy) is 2. The van der Waals surface area contributed by atoms with Gasteiger partial charge < -0.3 is 19.7 Å². The predicted octanol–water partition coefficient (Wildman–Crippen LogP) is 2.96. The smallest absolute Gasteiger partial charge is 0.324 e. The highest BCUT2D eigenvalue weighted by molar-refractivity contribution is 5.86. The minimum Gasteiger partial charge on any atom is -0.496 e. The molecule has 1 saturated heterocycles. The largest absolute Gasteiger partial charge is 0.496 e. The monoisotopic (exact) mass is 417 g/mol. The van der Waals surface area contributed by atoms with Gasteiger partial charge in [-0.05, 0) is 30.2 Å². The molecule has 1 N–H and O–H groups in total. The molecule has 3 heterocycles. The number of anilines is 1. The molecule has 2 aromatic heterocycles. The van der Waals surface area contributed by atoms with E-state index >= 15 is 0 Å². The number of pyridine rings is 1. The van der Waals surface area contributed by atoms with E-state index in [1.807, 2.05) is 24.3 Å². The fraction of sp³-hybridized carbons (Fsp3) is 0.304. The molecule has 8 heteroatoms. The average molecular weight is 417 g/mol. The van der Waals surface area contributed by atoms with E-state index in [-0.39, 0.29) is 18.0 Å². The lowest BCUT2D eigenvalue weighted by Crippen LogP contribution is -2.35. The zero-order valence-corrected chi connectivity index (χ0v) is 17.5. The summed E-state index contributed by atoms with van der Waals surface area (Å²) in [6.45, 7) is 3.03. The molecule has 31 heavy (non-hydrogen) atoms. The number of nitrogens with zero attached hydrogens (tertiary/aromatic N) is 4. The molecule has 8 nitrogen and oxygen atoms in total. The quantitative estimate of drug-likeness (QED) is 0.534. The Morgan fingerprint density at radius 3 is 2.90 bits per heavy atom. The lowest BCUT2D eigenvalue weighted by molar-refractivity contribution is -0.119. The Morgan fingerprint density at radius 1 is 1.23 bits per heavy atom. The lowest BCUT2D eigenvalue weighted by atomic mass is 10.1. The first-order valence-corrected chi connectivity index (χ1v) is 10.3. The predicted molar refractivity (Wildman–Crippen MR) is 116 cm³/mol. The maximum Gasteiger partial charge on any atom is 0.324 e. The van der Waals surface area contributed by atoms with Crippen molar-refractivity contribution >= 4 is 11.7 Å². The van der Waals surface area contributed by atoms with Crippen LogP contribution in [0, 0.1) is 0 Å². The highest BCUT2D eigenvalue weighted by Crippen LogP contribution is 2.46. The Bertz CT molecular complexity index is 1140. The van der Waals surface area contributed by atoms with Crippen LogP contribution in [-0.4, -0.2) is 47.1 Å². The van der Waals surface area contributed by atoms with Crippen LogP contribution in [0.2, 0.25) is 0 Å². The number of fused-ring (bicyclic) bond motifs is 3. The molecule has 1 fully saturated rings. The molecule has 1 aromatic carbocycles. The standard InChI is InChI=1S/C23H23N5O3/c1-14(29)25-15-8-10-28(13-15)22-21-17-6-3-7-20(30-2)18(17)11-19(21)26-23(27-22)31-16-5-4-9-24-12-16/h3-7,9,12,15H,8,10-11,13H2,1-2H3,(H,25,29)/t15-/m0/s1. The Kier molecular flexibility index (Phi) is 4.89. The van der Waals surface area contributed by atoms with E-state index in [4.69, 9.17) is 19.4 Å². The van der Waals surface area contributed by atoms with E-state index in [9.17, 15) is 4.79 Å². The van der Waals surface area contributed by atoms with Crippen LogP contribution in [0.4, 0.5) is 5.82 Å². The van der Waals surface area contributed by atoms with Gasteiger partial charge in [0.05, 0.1) is 19.0 Å². The summed E-state index contributed by atoms with van der Waals surface area (Å²) in [7, 11) is 1.68. The summed E-state index contributed by atoms with van der Waals surface area (Å²) >= 11 is 0. The van der Waals surface area contributed by atoms with Gasteiger partial charge in [-0.15, -0.1) is 0 Å². The first-order valence-electron chi connectivity index (χ1n) is 10.3. The van der Waals surface area contributed by atoms with Gasteiger partial charge in [-0.3, -0.25) is 9.78 Å². The minimum atomic E-state index is -0.0181. The molecule has 1 aliphatic carbocycles. The number of nitrogens with one attached hydrogen (secondary N) is 1. The topological polar surface area (TPSA) is 89.5 Å². The van der Waals surface area contributed by atoms with Crippen molar-refractivity contribution in [1.82, 2.24) is 20.3 Å². The van der Waals surface area contributed by atoms with Gasteiger partial charge in [-0.25, -0.2) is 0 Å². The van der Waals surface area contributed by atoms with Crippen LogP contribution in [0.3, 0.4) is 0 Å². The number of methoxy groups -OCH3 is 1. The van der Waals surface area contributed by atoms with Crippen molar-refractivity contribution in [2.24, 2.45) is 0 Å². The van der Waals surface area contributed by atoms with E-state index < -0.39 is 0 Å². The summed E-state index contributed by atoms with van der Waals surface area (Å²) in [6.07, 6.45) is 4.84. The van der Waals surface area contributed by atoms with Gasteiger partial charge in [-0.1, -0.05) is 12.1 Å². The SMILES string of the molecule is COc1cccc2c1Cc1nc(Oc3cccnc3)nc(N3CC[C@H](NC(C)=O)C3)c1-2. The van der Waals surface area contributed by atoms with Crippen molar-refractivity contribution in [3.8, 4) is 28.6 Å². The Morgan fingerprint density at radius 2 is 2.13 bits per heavy atom. The van der Waals surface area contributed by atoms with Crippen LogP contribution in [0.25, 0.3) is 11.1 Å². The van der Waals surface area contributed by atoms with Crippen molar-refractivity contribution in [3.63, 3.8) is 0 Å². The van der Waals surface area contributed by atoms with Gasteiger partial charge in [0.1, 0.15) is 17.3 Å². The second-order valence-electron chi connectivity index (χ2n) is 7.74. The van der Waals surface area contributed by atoms with Crippen LogP contribution in [0.1, 0.15) is 24.6 Å². The van der Waals surface area contributed by atoms with Crippen LogP contribution in [0.5, 0.6) is 17.5 Å². The van der Waals surface area contributed by atoms with Gasteiger partial charge in [0, 0.05) is 49.8 Å². The third-order valence-electron chi connectivity index (χ3n) is 5.65. The molecule has 158 valence electrons. The molecule has 1 aliphatic heterocycles. The van der Waals surface area contributed by atoms with Gasteiger partial charge >= 0.3 is 6.01 Å². The molecule has 1 amide bonds. The number of carbonyl (C=O) groups is 1. The number of benzene rings is 1. The third kappa shape index (κ3) is 3.65. The minimum absolute atomic E-state index is 0.0181. The number of rotatable bonds is 5. The molecule has 1 atom stereocenters. The molecule has 5 rings (SSSR count). The van der Waals surface area contributed by atoms with Crippen molar-refractivity contribution < 1.29 is 14.3 Å². The summed E-state index contributed by atoms with van der Waals surface area (Å²) in [4.78, 5) is 27.4. The Hall–Kier alpha value is -3.68. The lowest BCUT2D eigenvalue weighted by Gasteiger charge is -2.21. The second kappa shape index (κ2) is 7.86. The Labute approximate surface area is 180 Å². The van der Waals surface area contributed by atoms with E-state index in [1.165, 1.54) is 0 Å². The maximum absolute atomic E-state index is 11.5. The van der Waals surface area contributed by atoms with E-state index in [1.54, 1.807) is 26.4 Å². The molecule has 0 saturated carbocycles. The fourth-order valence-electron chi connectivity index (χ4n) is 4.36. The first-order chi connectivity index (χ1) is 15.1. The zero-order valence-electron chi connectivity index (χ0n) is 17.5. The molecule has 0 radical (unpaired) electrons. The van der Waals surface area contributed by atoms with Gasteiger partial charge in [-0.2, -0.15) is 9.97 Å². The molecule has 2 aliphatic rings. The molecule has 0 spiro atoms. The van der Waals surface area contributed by atoms with Crippen molar-refractivity contribution in [3.05, 3.63) is 54.0 Å². The number of hydrogen-bond donors (Lipinski definition) is 1. The van der Waals surface area contributed by atoms with Crippen molar-refractivity contribution in [2.45, 2.75) is 25.8 Å². The first kappa shape index (κ1) is 19.3. The van der Waals surface area contributed by atoms with Crippen LogP contribution < -0.4 is 19.7 Å². The number of aromatic nitrogens is 3. The summed E-state index contributed by atoms with van der Waals surface area (Å²) < 4.78 is 11.5. The molecular weight excluding hydrogens is 394 g/mol. The van der Waals surface area contributed by atoms with Gasteiger partial charge in [0.15, 0.2) is 0 Å². The number of hydrogen-bond acceptors (Lipinski definition) is 7. The third-order valence-corrected chi connectivity index (χ3v) is 5.65. The van der Waals surface area contributed by atoms with Gasteiger partial charge in [0.2, 0.25) is 5.91 Å². The summed E-state index contributed by atoms with van der Waals surface area (Å²) in [5, 5.41) is 3.02. The normalized spacial score (nSPS) is 16.6. The second-order valence-corrected chi connectivity index (χ2v) is 7.74. The van der Waals surface area contributed by atoms with Crippen molar-refractivity contribution in [1.29, 1.82) is 0 Å². The van der Waals surface area contributed by atoms with E-state index in [2.05, 4.69) is 21.3 Å². The maximum atomic E-state index is 11.5. The molecule has 0 bridgehead atoms. The average Bonchev–Trinajstić information content (AvgIpc) is 3.37. The summed E-state index contributed by atoms with van der Waals surface area (Å²) in [6, 6.07) is 10.0. The summed E-state index contributed by atoms with van der Waals surface area (Å²) in [5.41, 5.74) is 4.11. The highest BCUT2D eigenvalue weighted by Gasteiger charge is 2.33. The number of carbonyl (C=O) groups excluding carboxylic acids is 1. The molecular formula is C23H23N5O3. The van der Waals surface area contributed by atoms with Gasteiger partial charge in [0.25, 0.3) is 0 Å². The van der Waals surface area contributed by atoms with Crippen LogP contribution >= 0.6 is 0 Å². The Balaban J connectivity index is 1.57.